The molecule has 23 heavy (non-hydrogen) atoms. The molecule has 0 saturated heterocycles. The number of hydrogen-bond donors (Lipinski definition) is 2. The average molecular weight is 314 g/mol. The number of benzene rings is 1. The summed E-state index contributed by atoms with van der Waals surface area (Å²) in [6.45, 7) is 0.398. The van der Waals surface area contributed by atoms with Crippen molar-refractivity contribution < 1.29 is 14.6 Å². The summed E-state index contributed by atoms with van der Waals surface area (Å²) >= 11 is 0. The number of ether oxygens (including phenoxy) is 1. The van der Waals surface area contributed by atoms with Crippen LogP contribution in [0.2, 0.25) is 0 Å². The molecule has 0 radical (unpaired) electrons. The van der Waals surface area contributed by atoms with Gasteiger partial charge in [0.1, 0.15) is 6.10 Å². The standard InChI is InChI=1S/C18H22N2O3/c19-15(13-14-7-2-1-3-8-14)18(22)16(21)9-6-12-23-17-10-4-5-11-20-17/h1-5,7-8,10-11,15-16,21H,6,9,12-13,19H2. The maximum Gasteiger partial charge on any atom is 0.213 e. The molecule has 2 rings (SSSR count). The lowest BCUT2D eigenvalue weighted by Crippen LogP contribution is -2.40. The first-order chi connectivity index (χ1) is 11.2. The van der Waals surface area contributed by atoms with E-state index in [2.05, 4.69) is 4.98 Å². The Kier molecular flexibility index (Phi) is 6.72. The van der Waals surface area contributed by atoms with Crippen molar-refractivity contribution in [3.8, 4) is 5.88 Å². The molecule has 2 atom stereocenters. The van der Waals surface area contributed by atoms with Crippen LogP contribution < -0.4 is 10.5 Å². The van der Waals surface area contributed by atoms with Crippen LogP contribution in [0.15, 0.2) is 54.7 Å². The maximum atomic E-state index is 12.1. The molecule has 0 aliphatic rings. The van der Waals surface area contributed by atoms with E-state index < -0.39 is 12.1 Å². The molecule has 5 nitrogen and oxygen atoms in total. The SMILES string of the molecule is NC(Cc1ccccc1)C(=O)C(O)CCCOc1ccccn1. The molecule has 3 N–H and O–H groups in total. The number of aliphatic hydroxyl groups is 1. The largest absolute Gasteiger partial charge is 0.478 e. The number of nitrogens with zero attached hydrogens (tertiary/aromatic N) is 1. The molecular weight excluding hydrogens is 292 g/mol. The molecule has 5 heteroatoms. The van der Waals surface area contributed by atoms with Gasteiger partial charge in [0.25, 0.3) is 0 Å². The van der Waals surface area contributed by atoms with Gasteiger partial charge in [0.2, 0.25) is 5.88 Å². The average Bonchev–Trinajstić information content (AvgIpc) is 2.59. The molecule has 1 heterocycles. The number of aliphatic hydroxyl groups excluding tert-OH is 1. The molecule has 0 spiro atoms. The van der Waals surface area contributed by atoms with Crippen LogP contribution in [0.4, 0.5) is 0 Å². The Morgan fingerprint density at radius 1 is 1.17 bits per heavy atom. The number of carbonyl (C=O) groups is 1. The second-order valence-electron chi connectivity index (χ2n) is 5.37. The zero-order valence-corrected chi connectivity index (χ0v) is 13.0. The van der Waals surface area contributed by atoms with Crippen molar-refractivity contribution in [1.82, 2.24) is 4.98 Å². The van der Waals surface area contributed by atoms with Gasteiger partial charge in [0, 0.05) is 12.3 Å². The third-order valence-corrected chi connectivity index (χ3v) is 3.50. The van der Waals surface area contributed by atoms with Crippen LogP contribution in [0.5, 0.6) is 5.88 Å². The van der Waals surface area contributed by atoms with Gasteiger partial charge >= 0.3 is 0 Å². The van der Waals surface area contributed by atoms with Gasteiger partial charge in [-0.3, -0.25) is 4.79 Å². The Bertz CT molecular complexity index is 590. The van der Waals surface area contributed by atoms with Crippen LogP contribution in [0.3, 0.4) is 0 Å². The zero-order valence-electron chi connectivity index (χ0n) is 13.0. The third-order valence-electron chi connectivity index (χ3n) is 3.50. The van der Waals surface area contributed by atoms with Gasteiger partial charge in [-0.2, -0.15) is 0 Å². The monoisotopic (exact) mass is 314 g/mol. The van der Waals surface area contributed by atoms with Crippen molar-refractivity contribution in [3.63, 3.8) is 0 Å². The molecule has 0 amide bonds. The summed E-state index contributed by atoms with van der Waals surface area (Å²) in [4.78, 5) is 16.1. The molecule has 0 aliphatic heterocycles. The van der Waals surface area contributed by atoms with Gasteiger partial charge in [-0.25, -0.2) is 4.98 Å². The van der Waals surface area contributed by atoms with Gasteiger partial charge in [0.05, 0.1) is 12.6 Å². The summed E-state index contributed by atoms with van der Waals surface area (Å²) in [5.74, 6) is 0.209. The van der Waals surface area contributed by atoms with E-state index >= 15 is 0 Å². The number of carbonyl (C=O) groups excluding carboxylic acids is 1. The highest BCUT2D eigenvalue weighted by molar-refractivity contribution is 5.88. The topological polar surface area (TPSA) is 85.4 Å². The molecular formula is C18H22N2O3. The molecule has 0 fully saturated rings. The second-order valence-corrected chi connectivity index (χ2v) is 5.37. The fourth-order valence-electron chi connectivity index (χ4n) is 2.24. The smallest absolute Gasteiger partial charge is 0.213 e. The van der Waals surface area contributed by atoms with E-state index in [-0.39, 0.29) is 5.78 Å². The van der Waals surface area contributed by atoms with Crippen LogP contribution >= 0.6 is 0 Å². The van der Waals surface area contributed by atoms with Gasteiger partial charge in [-0.15, -0.1) is 0 Å². The van der Waals surface area contributed by atoms with Gasteiger partial charge in [0.15, 0.2) is 5.78 Å². The van der Waals surface area contributed by atoms with E-state index in [1.54, 1.807) is 12.3 Å². The lowest BCUT2D eigenvalue weighted by molar-refractivity contribution is -0.128. The first-order valence-corrected chi connectivity index (χ1v) is 7.72. The van der Waals surface area contributed by atoms with E-state index in [0.717, 1.165) is 5.56 Å². The molecule has 2 unspecified atom stereocenters. The van der Waals surface area contributed by atoms with Gasteiger partial charge in [-0.1, -0.05) is 36.4 Å². The fourth-order valence-corrected chi connectivity index (χ4v) is 2.24. The molecule has 0 bridgehead atoms. The quantitative estimate of drug-likeness (QED) is 0.689. The third kappa shape index (κ3) is 5.81. The predicted molar refractivity (Wildman–Crippen MR) is 88.1 cm³/mol. The number of nitrogens with two attached hydrogens (primary N) is 1. The zero-order chi connectivity index (χ0) is 16.5. The molecule has 1 aromatic carbocycles. The Labute approximate surface area is 136 Å². The number of ketones is 1. The lowest BCUT2D eigenvalue weighted by Gasteiger charge is -2.15. The van der Waals surface area contributed by atoms with Crippen LogP contribution in [0, 0.1) is 0 Å². The Hall–Kier alpha value is -2.24. The molecule has 2 aromatic rings. The minimum Gasteiger partial charge on any atom is -0.478 e. The first kappa shape index (κ1) is 17.1. The highest BCUT2D eigenvalue weighted by Crippen LogP contribution is 2.08. The minimum atomic E-state index is -1.05. The summed E-state index contributed by atoms with van der Waals surface area (Å²) in [5, 5.41) is 9.96. The second kappa shape index (κ2) is 9.02. The van der Waals surface area contributed by atoms with Crippen LogP contribution in [0.25, 0.3) is 0 Å². The summed E-state index contributed by atoms with van der Waals surface area (Å²) in [6.07, 6.45) is 1.91. The van der Waals surface area contributed by atoms with Crippen LogP contribution in [-0.4, -0.2) is 34.6 Å². The lowest BCUT2D eigenvalue weighted by atomic mass is 9.98. The van der Waals surface area contributed by atoms with Crippen molar-refractivity contribution in [2.24, 2.45) is 5.73 Å². The summed E-state index contributed by atoms with van der Waals surface area (Å²) in [6, 6.07) is 14.3. The first-order valence-electron chi connectivity index (χ1n) is 7.72. The van der Waals surface area contributed by atoms with Gasteiger partial charge < -0.3 is 15.6 Å². The van der Waals surface area contributed by atoms with Crippen molar-refractivity contribution in [1.29, 1.82) is 0 Å². The normalized spacial score (nSPS) is 13.3. The highest BCUT2D eigenvalue weighted by Gasteiger charge is 2.22. The van der Waals surface area contributed by atoms with Crippen molar-refractivity contribution in [2.45, 2.75) is 31.4 Å². The minimum absolute atomic E-state index is 0.327. The van der Waals surface area contributed by atoms with Crippen LogP contribution in [-0.2, 0) is 11.2 Å². The maximum absolute atomic E-state index is 12.1. The number of rotatable bonds is 9. The summed E-state index contributed by atoms with van der Waals surface area (Å²) < 4.78 is 5.43. The summed E-state index contributed by atoms with van der Waals surface area (Å²) in [5.41, 5.74) is 6.88. The summed E-state index contributed by atoms with van der Waals surface area (Å²) in [7, 11) is 0. The molecule has 0 aliphatic carbocycles. The van der Waals surface area contributed by atoms with Crippen molar-refractivity contribution in [3.05, 3.63) is 60.3 Å². The number of aromatic nitrogens is 1. The van der Waals surface area contributed by atoms with Crippen molar-refractivity contribution in [2.75, 3.05) is 6.61 Å². The molecule has 1 aromatic heterocycles. The predicted octanol–water partition coefficient (Wildman–Crippen LogP) is 1.74. The Morgan fingerprint density at radius 2 is 1.91 bits per heavy atom. The molecule has 122 valence electrons. The van der Waals surface area contributed by atoms with Gasteiger partial charge in [-0.05, 0) is 30.9 Å². The highest BCUT2D eigenvalue weighted by atomic mass is 16.5. The Morgan fingerprint density at radius 3 is 2.61 bits per heavy atom. The molecule has 0 saturated carbocycles. The van der Waals surface area contributed by atoms with Crippen LogP contribution in [0.1, 0.15) is 18.4 Å². The van der Waals surface area contributed by atoms with Crippen molar-refractivity contribution >= 4 is 5.78 Å². The van der Waals surface area contributed by atoms with E-state index in [1.807, 2.05) is 42.5 Å². The van der Waals surface area contributed by atoms with E-state index in [0.29, 0.717) is 31.7 Å². The number of pyridine rings is 1. The van der Waals surface area contributed by atoms with E-state index in [1.165, 1.54) is 0 Å². The number of Topliss-reactive ketones (excluding diaryl/α,β-unsaturated/α-hetero) is 1. The van der Waals surface area contributed by atoms with E-state index in [4.69, 9.17) is 10.5 Å². The van der Waals surface area contributed by atoms with E-state index in [9.17, 15) is 9.90 Å². The Balaban J connectivity index is 1.70. The number of hydrogen-bond acceptors (Lipinski definition) is 5. The fraction of sp³-hybridized carbons (Fsp3) is 0.333.